The van der Waals surface area contributed by atoms with E-state index in [0.717, 1.165) is 12.1 Å². The highest BCUT2D eigenvalue weighted by Crippen LogP contribution is 2.32. The molecule has 0 aliphatic rings. The summed E-state index contributed by atoms with van der Waals surface area (Å²) in [6, 6.07) is 3.26. The Kier molecular flexibility index (Phi) is 6.52. The van der Waals surface area contributed by atoms with Crippen molar-refractivity contribution in [2.75, 3.05) is 5.32 Å². The second-order valence-corrected chi connectivity index (χ2v) is 4.58. The average Bonchev–Trinajstić information content (AvgIpc) is 2.97. The Morgan fingerprint density at radius 1 is 1.30 bits per heavy atom. The molecule has 23 heavy (non-hydrogen) atoms. The molecule has 6 nitrogen and oxygen atoms in total. The van der Waals surface area contributed by atoms with Crippen LogP contribution in [0.25, 0.3) is 0 Å². The van der Waals surface area contributed by atoms with E-state index in [1.165, 1.54) is 16.9 Å². The van der Waals surface area contributed by atoms with E-state index in [1.54, 1.807) is 6.20 Å². The summed E-state index contributed by atoms with van der Waals surface area (Å²) in [7, 11) is 0. The lowest BCUT2D eigenvalue weighted by molar-refractivity contribution is -0.137. The van der Waals surface area contributed by atoms with Gasteiger partial charge in [0.05, 0.1) is 18.3 Å². The first-order valence-electron chi connectivity index (χ1n) is 6.43. The minimum atomic E-state index is -4.49. The number of carbonyl (C=O) groups excluding carboxylic acids is 1. The van der Waals surface area contributed by atoms with Crippen molar-refractivity contribution < 1.29 is 18.0 Å². The highest BCUT2D eigenvalue weighted by Gasteiger charge is 2.31. The van der Waals surface area contributed by atoms with Gasteiger partial charge in [-0.3, -0.25) is 9.48 Å². The maximum Gasteiger partial charge on any atom is 0.416 e. The molecular weight excluding hydrogens is 335 g/mol. The number of nitrogens with one attached hydrogen (secondary N) is 1. The van der Waals surface area contributed by atoms with E-state index in [2.05, 4.69) is 15.6 Å². The van der Waals surface area contributed by atoms with E-state index in [0.29, 0.717) is 5.56 Å². The van der Waals surface area contributed by atoms with Gasteiger partial charge in [-0.05, 0) is 23.8 Å². The van der Waals surface area contributed by atoms with Crippen LogP contribution in [-0.4, -0.2) is 20.9 Å². The van der Waals surface area contributed by atoms with Gasteiger partial charge < -0.3 is 11.1 Å². The molecule has 0 saturated heterocycles. The van der Waals surface area contributed by atoms with Crippen molar-refractivity contribution in [3.05, 3.63) is 41.7 Å². The number of benzene rings is 1. The van der Waals surface area contributed by atoms with E-state index >= 15 is 0 Å². The van der Waals surface area contributed by atoms with Crippen molar-refractivity contribution in [3.63, 3.8) is 0 Å². The third-order valence-corrected chi connectivity index (χ3v) is 2.88. The minimum Gasteiger partial charge on any atom is -0.326 e. The van der Waals surface area contributed by atoms with Crippen molar-refractivity contribution in [2.24, 2.45) is 5.73 Å². The Hall–Kier alpha value is -2.13. The third-order valence-electron chi connectivity index (χ3n) is 2.88. The average molecular weight is 350 g/mol. The topological polar surface area (TPSA) is 85.8 Å². The van der Waals surface area contributed by atoms with Gasteiger partial charge >= 0.3 is 6.18 Å². The summed E-state index contributed by atoms with van der Waals surface area (Å²) in [6.45, 7) is 0.236. The number of hydrogen-bond acceptors (Lipinski definition) is 4. The van der Waals surface area contributed by atoms with Crippen LogP contribution in [0.3, 0.4) is 0 Å². The fraction of sp³-hybridized carbons (Fsp3) is 0.308. The number of nitrogens with two attached hydrogens (primary N) is 1. The summed E-state index contributed by atoms with van der Waals surface area (Å²) in [5.41, 5.74) is 4.90. The molecule has 0 unspecified atom stereocenters. The second-order valence-electron chi connectivity index (χ2n) is 4.58. The monoisotopic (exact) mass is 349 g/mol. The second kappa shape index (κ2) is 7.93. The Morgan fingerprint density at radius 3 is 2.61 bits per heavy atom. The molecule has 0 radical (unpaired) electrons. The smallest absolute Gasteiger partial charge is 0.326 e. The summed E-state index contributed by atoms with van der Waals surface area (Å²) in [5, 5.41) is 9.71. The lowest BCUT2D eigenvalue weighted by Crippen LogP contribution is -2.16. The van der Waals surface area contributed by atoms with Gasteiger partial charge in [0, 0.05) is 24.8 Å². The summed E-state index contributed by atoms with van der Waals surface area (Å²) >= 11 is 0. The van der Waals surface area contributed by atoms with Crippen LogP contribution in [-0.2, 0) is 24.1 Å². The molecule has 0 fully saturated rings. The number of halogens is 4. The van der Waals surface area contributed by atoms with Crippen LogP contribution < -0.4 is 11.1 Å². The number of anilines is 1. The van der Waals surface area contributed by atoms with Crippen molar-refractivity contribution in [2.45, 2.75) is 25.7 Å². The van der Waals surface area contributed by atoms with Gasteiger partial charge in [-0.25, -0.2) is 0 Å². The zero-order chi connectivity index (χ0) is 16.2. The van der Waals surface area contributed by atoms with Crippen LogP contribution in [0, 0.1) is 0 Å². The Balaban J connectivity index is 0.00000264. The highest BCUT2D eigenvalue weighted by molar-refractivity contribution is 5.90. The number of carbonyl (C=O) groups is 1. The molecule has 1 aromatic heterocycles. The number of amides is 1. The molecule has 0 bridgehead atoms. The fourth-order valence-electron chi connectivity index (χ4n) is 1.84. The quantitative estimate of drug-likeness (QED) is 0.866. The van der Waals surface area contributed by atoms with Gasteiger partial charge in [0.2, 0.25) is 5.91 Å². The van der Waals surface area contributed by atoms with Gasteiger partial charge in [0.25, 0.3) is 0 Å². The molecule has 0 atom stereocenters. The Labute approximate surface area is 136 Å². The first kappa shape index (κ1) is 18.9. The van der Waals surface area contributed by atoms with Crippen molar-refractivity contribution >= 4 is 24.0 Å². The van der Waals surface area contributed by atoms with E-state index in [-0.39, 0.29) is 37.6 Å². The van der Waals surface area contributed by atoms with E-state index in [9.17, 15) is 18.0 Å². The molecule has 2 rings (SSSR count). The first-order valence-corrected chi connectivity index (χ1v) is 6.43. The van der Waals surface area contributed by atoms with Crippen molar-refractivity contribution in [1.82, 2.24) is 15.0 Å². The number of nitrogens with zero attached hydrogens (tertiary/aromatic N) is 3. The van der Waals surface area contributed by atoms with E-state index in [1.807, 2.05) is 0 Å². The van der Waals surface area contributed by atoms with Crippen LogP contribution in [0.15, 0.2) is 30.6 Å². The van der Waals surface area contributed by atoms with E-state index in [4.69, 9.17) is 5.73 Å². The molecule has 0 saturated carbocycles. The summed E-state index contributed by atoms with van der Waals surface area (Å²) in [6.07, 6.45) is -1.37. The summed E-state index contributed by atoms with van der Waals surface area (Å²) in [5.74, 6) is -0.419. The largest absolute Gasteiger partial charge is 0.416 e. The molecule has 1 amide bonds. The van der Waals surface area contributed by atoms with Gasteiger partial charge in [0.1, 0.15) is 0 Å². The van der Waals surface area contributed by atoms with Gasteiger partial charge in [-0.15, -0.1) is 17.5 Å². The lowest BCUT2D eigenvalue weighted by Gasteiger charge is -2.12. The third kappa shape index (κ3) is 5.53. The van der Waals surface area contributed by atoms with Crippen LogP contribution in [0.5, 0.6) is 0 Å². The van der Waals surface area contributed by atoms with Crippen LogP contribution in [0.2, 0.25) is 0 Å². The standard InChI is InChI=1S/C13H14F3N5O.ClH/c14-13(15,16)10-5-9(8-17)6-11(7-10)19-12(22)1-3-21-4-2-18-20-21;/h2,4-7H,1,3,8,17H2,(H,19,22);1H. The first-order chi connectivity index (χ1) is 10.4. The molecule has 0 aliphatic heterocycles. The zero-order valence-corrected chi connectivity index (χ0v) is 12.7. The molecular formula is C13H15ClF3N5O. The maximum atomic E-state index is 12.8. The normalized spacial score (nSPS) is 11.0. The Bertz CT molecular complexity index is 646. The number of aryl methyl sites for hydroxylation is 1. The molecule has 1 heterocycles. The van der Waals surface area contributed by atoms with Crippen LogP contribution in [0.4, 0.5) is 18.9 Å². The molecule has 10 heteroatoms. The van der Waals surface area contributed by atoms with Gasteiger partial charge in [0.15, 0.2) is 0 Å². The molecule has 0 spiro atoms. The minimum absolute atomic E-state index is 0. The lowest BCUT2D eigenvalue weighted by atomic mass is 10.1. The molecule has 2 aromatic rings. The summed E-state index contributed by atoms with van der Waals surface area (Å²) < 4.78 is 39.8. The van der Waals surface area contributed by atoms with Crippen LogP contribution in [0.1, 0.15) is 17.5 Å². The predicted molar refractivity (Wildman–Crippen MR) is 79.9 cm³/mol. The Morgan fingerprint density at radius 2 is 2.04 bits per heavy atom. The van der Waals surface area contributed by atoms with Gasteiger partial charge in [-0.2, -0.15) is 13.2 Å². The number of alkyl halides is 3. The number of hydrogen-bond donors (Lipinski definition) is 2. The maximum absolute atomic E-state index is 12.8. The van der Waals surface area contributed by atoms with Gasteiger partial charge in [-0.1, -0.05) is 5.21 Å². The fourth-order valence-corrected chi connectivity index (χ4v) is 1.84. The number of rotatable bonds is 5. The number of aromatic nitrogens is 3. The molecule has 3 N–H and O–H groups in total. The SMILES string of the molecule is Cl.NCc1cc(NC(=O)CCn2ccnn2)cc(C(F)(F)F)c1. The highest BCUT2D eigenvalue weighted by atomic mass is 35.5. The predicted octanol–water partition coefficient (Wildman–Crippen LogP) is 2.21. The molecule has 0 aliphatic carbocycles. The zero-order valence-electron chi connectivity index (χ0n) is 11.9. The molecule has 1 aromatic carbocycles. The van der Waals surface area contributed by atoms with E-state index < -0.39 is 17.6 Å². The summed E-state index contributed by atoms with van der Waals surface area (Å²) in [4.78, 5) is 11.8. The van der Waals surface area contributed by atoms with Crippen molar-refractivity contribution in [1.29, 1.82) is 0 Å². The van der Waals surface area contributed by atoms with Crippen molar-refractivity contribution in [3.8, 4) is 0 Å². The molecule has 126 valence electrons. The van der Waals surface area contributed by atoms with Crippen LogP contribution >= 0.6 is 12.4 Å².